The fourth-order valence-electron chi connectivity index (χ4n) is 2.38. The van der Waals surface area contributed by atoms with Crippen LogP contribution in [-0.4, -0.2) is 31.3 Å². The molecule has 2 aromatic carbocycles. The Kier molecular flexibility index (Phi) is 7.16. The molecule has 0 aromatic heterocycles. The lowest BCUT2D eigenvalue weighted by molar-refractivity contribution is -0.112. The van der Waals surface area contributed by atoms with Gasteiger partial charge in [0.1, 0.15) is 5.82 Å². The van der Waals surface area contributed by atoms with Gasteiger partial charge in [-0.05, 0) is 35.9 Å². The quantitative estimate of drug-likeness (QED) is 0.451. The van der Waals surface area contributed by atoms with Crippen molar-refractivity contribution in [3.63, 3.8) is 0 Å². The molecule has 2 aromatic rings. The number of hydrogen-bond acceptors (Lipinski definition) is 2. The molecule has 0 unspecified atom stereocenters. The molecule has 1 N–H and O–H groups in total. The number of nitrogens with zero attached hydrogens (tertiary/aromatic N) is 1. The zero-order valence-electron chi connectivity index (χ0n) is 15.1. The van der Waals surface area contributed by atoms with Crippen LogP contribution in [0.15, 0.2) is 60.3 Å². The van der Waals surface area contributed by atoms with Crippen molar-refractivity contribution in [3.8, 4) is 11.1 Å². The first-order valence-corrected chi connectivity index (χ1v) is 8.77. The van der Waals surface area contributed by atoms with E-state index in [1.165, 1.54) is 35.4 Å². The average molecular weight is 429 g/mol. The lowest BCUT2D eigenvalue weighted by atomic mass is 10.0. The van der Waals surface area contributed by atoms with Crippen LogP contribution in [-0.2, 0) is 4.79 Å². The highest BCUT2D eigenvalue weighted by molar-refractivity contribution is 6.42. The molecule has 0 saturated carbocycles. The molecule has 0 heterocycles. The van der Waals surface area contributed by atoms with Crippen molar-refractivity contribution >= 4 is 34.8 Å². The van der Waals surface area contributed by atoms with E-state index in [1.807, 2.05) is 0 Å². The highest BCUT2D eigenvalue weighted by Crippen LogP contribution is 2.34. The molecule has 8 heteroatoms. The van der Waals surface area contributed by atoms with E-state index < -0.39 is 23.7 Å². The van der Waals surface area contributed by atoms with Crippen LogP contribution in [0.2, 0.25) is 10.0 Å². The summed E-state index contributed by atoms with van der Waals surface area (Å²) in [5.74, 6) is -1.34. The van der Waals surface area contributed by atoms with Crippen molar-refractivity contribution in [1.29, 1.82) is 0 Å². The summed E-state index contributed by atoms with van der Waals surface area (Å²) in [5.41, 5.74) is 0.124. The molecule has 0 atom stereocenters. The zero-order chi connectivity index (χ0) is 21.0. The number of hydrogen-bond donors (Lipinski definition) is 1. The second kappa shape index (κ2) is 9.17. The molecule has 148 valence electrons. The summed E-state index contributed by atoms with van der Waals surface area (Å²) in [4.78, 5) is 14.1. The van der Waals surface area contributed by atoms with Crippen LogP contribution in [0.25, 0.3) is 11.1 Å². The Labute approximate surface area is 171 Å². The Morgan fingerprint density at radius 3 is 2.39 bits per heavy atom. The van der Waals surface area contributed by atoms with Gasteiger partial charge in [-0.15, -0.1) is 0 Å². The molecule has 0 aliphatic carbocycles. The topological polar surface area (TPSA) is 32.3 Å². The minimum absolute atomic E-state index is 0.219. The third-order valence-corrected chi connectivity index (χ3v) is 4.44. The normalized spacial score (nSPS) is 11.5. The van der Waals surface area contributed by atoms with E-state index in [9.17, 15) is 18.0 Å². The fraction of sp³-hybridized carbons (Fsp3) is 0.150. The number of amides is 1. The average Bonchev–Trinajstić information content (AvgIpc) is 2.62. The first kappa shape index (κ1) is 21.9. The summed E-state index contributed by atoms with van der Waals surface area (Å²) in [5, 5.41) is 3.11. The van der Waals surface area contributed by atoms with Crippen molar-refractivity contribution in [2.24, 2.45) is 0 Å². The van der Waals surface area contributed by atoms with Gasteiger partial charge in [-0.25, -0.2) is 13.2 Å². The van der Waals surface area contributed by atoms with Crippen molar-refractivity contribution in [2.75, 3.05) is 19.4 Å². The number of rotatable bonds is 6. The maximum Gasteiger partial charge on any atom is 0.264 e. The Bertz CT molecular complexity index is 943. The van der Waals surface area contributed by atoms with Gasteiger partial charge >= 0.3 is 0 Å². The molecule has 0 fully saturated rings. The molecular formula is C20H17Cl2F3N2O. The maximum absolute atomic E-state index is 13.8. The van der Waals surface area contributed by atoms with E-state index >= 15 is 0 Å². The number of alkyl halides is 2. The van der Waals surface area contributed by atoms with Crippen molar-refractivity contribution in [2.45, 2.75) is 6.43 Å². The van der Waals surface area contributed by atoms with Gasteiger partial charge in [-0.3, -0.25) is 4.79 Å². The maximum atomic E-state index is 13.8. The summed E-state index contributed by atoms with van der Waals surface area (Å²) >= 11 is 11.9. The Morgan fingerprint density at radius 1 is 1.14 bits per heavy atom. The second-order valence-electron chi connectivity index (χ2n) is 6.11. The highest BCUT2D eigenvalue weighted by Gasteiger charge is 2.22. The van der Waals surface area contributed by atoms with Crippen molar-refractivity contribution in [1.82, 2.24) is 4.90 Å². The second-order valence-corrected chi connectivity index (χ2v) is 6.92. The Balaban J connectivity index is 2.46. The van der Waals surface area contributed by atoms with Crippen LogP contribution >= 0.6 is 23.2 Å². The largest absolute Gasteiger partial charge is 0.383 e. The monoisotopic (exact) mass is 428 g/mol. The van der Waals surface area contributed by atoms with E-state index in [0.29, 0.717) is 16.1 Å². The van der Waals surface area contributed by atoms with E-state index in [1.54, 1.807) is 20.2 Å². The third kappa shape index (κ3) is 5.30. The Morgan fingerprint density at radius 2 is 1.82 bits per heavy atom. The van der Waals surface area contributed by atoms with Gasteiger partial charge < -0.3 is 10.2 Å². The van der Waals surface area contributed by atoms with Gasteiger partial charge in [0.2, 0.25) is 0 Å². The molecule has 0 spiro atoms. The summed E-state index contributed by atoms with van der Waals surface area (Å²) in [6, 6.07) is 8.34. The molecule has 0 aliphatic rings. The minimum Gasteiger partial charge on any atom is -0.383 e. The van der Waals surface area contributed by atoms with E-state index in [2.05, 4.69) is 11.9 Å². The van der Waals surface area contributed by atoms with Gasteiger partial charge in [0, 0.05) is 37.1 Å². The van der Waals surface area contributed by atoms with Crippen LogP contribution in [0.3, 0.4) is 0 Å². The van der Waals surface area contributed by atoms with Gasteiger partial charge in [0.05, 0.1) is 15.6 Å². The number of anilines is 1. The number of benzene rings is 2. The predicted molar refractivity (Wildman–Crippen MR) is 107 cm³/mol. The van der Waals surface area contributed by atoms with Crippen LogP contribution in [0.1, 0.15) is 0 Å². The third-order valence-electron chi connectivity index (χ3n) is 3.70. The summed E-state index contributed by atoms with van der Waals surface area (Å²) in [7, 11) is 3.18. The van der Waals surface area contributed by atoms with E-state index in [0.717, 1.165) is 6.07 Å². The highest BCUT2D eigenvalue weighted by atomic mass is 35.5. The van der Waals surface area contributed by atoms with E-state index in [-0.39, 0.29) is 16.3 Å². The molecule has 0 radical (unpaired) electrons. The van der Waals surface area contributed by atoms with Gasteiger partial charge in [-0.1, -0.05) is 35.8 Å². The first-order chi connectivity index (χ1) is 13.1. The smallest absolute Gasteiger partial charge is 0.264 e. The summed E-state index contributed by atoms with van der Waals surface area (Å²) in [6.45, 7) is 3.29. The van der Waals surface area contributed by atoms with Gasteiger partial charge in [-0.2, -0.15) is 0 Å². The molecular weight excluding hydrogens is 412 g/mol. The number of nitrogens with one attached hydrogen (secondary N) is 1. The minimum atomic E-state index is -2.90. The van der Waals surface area contributed by atoms with Crippen LogP contribution in [0, 0.1) is 5.82 Å². The molecule has 0 saturated heterocycles. The zero-order valence-corrected chi connectivity index (χ0v) is 16.6. The van der Waals surface area contributed by atoms with Crippen LogP contribution in [0.5, 0.6) is 0 Å². The first-order valence-electron chi connectivity index (χ1n) is 8.02. The SMILES string of the molecule is C=C(/C(=C\N(C)C)C(=O)Nc1ccc(F)cc1-c1ccc(Cl)c(Cl)c1)C(F)F. The van der Waals surface area contributed by atoms with Gasteiger partial charge in [0.15, 0.2) is 0 Å². The Hall–Kier alpha value is -2.44. The lowest BCUT2D eigenvalue weighted by Gasteiger charge is -2.16. The van der Waals surface area contributed by atoms with Crippen molar-refractivity contribution in [3.05, 3.63) is 76.2 Å². The standard InChI is InChI=1S/C20H17Cl2F3N2O/c1-11(19(24)25)15(10-27(2)3)20(28)26-18-7-5-13(23)9-14(18)12-4-6-16(21)17(22)8-12/h4-10,19H,1H2,2-3H3,(H,26,28)/b15-10+. The van der Waals surface area contributed by atoms with E-state index in [4.69, 9.17) is 23.2 Å². The molecule has 28 heavy (non-hydrogen) atoms. The summed E-state index contributed by atoms with van der Waals surface area (Å²) in [6.07, 6.45) is -1.66. The van der Waals surface area contributed by atoms with Crippen molar-refractivity contribution < 1.29 is 18.0 Å². The number of carbonyl (C=O) groups excluding carboxylic acids is 1. The molecule has 3 nitrogen and oxygen atoms in total. The van der Waals surface area contributed by atoms with Crippen LogP contribution in [0.4, 0.5) is 18.9 Å². The lowest BCUT2D eigenvalue weighted by Crippen LogP contribution is -2.21. The summed E-state index contributed by atoms with van der Waals surface area (Å²) < 4.78 is 40.0. The molecule has 1 amide bonds. The molecule has 2 rings (SSSR count). The number of halogens is 5. The molecule has 0 bridgehead atoms. The predicted octanol–water partition coefficient (Wildman–Crippen LogP) is 6.00. The molecule has 0 aliphatic heterocycles. The number of carbonyl (C=O) groups is 1. The van der Waals surface area contributed by atoms with Gasteiger partial charge in [0.25, 0.3) is 12.3 Å². The fourth-order valence-corrected chi connectivity index (χ4v) is 2.68. The van der Waals surface area contributed by atoms with Crippen LogP contribution < -0.4 is 5.32 Å².